The first-order chi connectivity index (χ1) is 16.0. The van der Waals surface area contributed by atoms with Gasteiger partial charge in [-0.05, 0) is 64.2 Å². The van der Waals surface area contributed by atoms with E-state index in [4.69, 9.17) is 0 Å². The molecular formula is C28H57NO4P+. The molecule has 0 saturated carbocycles. The molecule has 0 aromatic rings. The molecule has 0 radical (unpaired) electrons. The predicted octanol–water partition coefficient (Wildman–Crippen LogP) is 7.71. The summed E-state index contributed by atoms with van der Waals surface area (Å²) in [4.78, 5) is 19.2. The minimum atomic E-state index is -4.55. The molecule has 0 amide bonds. The Morgan fingerprint density at radius 1 is 0.647 bits per heavy atom. The van der Waals surface area contributed by atoms with Crippen LogP contribution in [0, 0.1) is 0 Å². The number of unbranched alkanes of at least 4 members (excludes halogenated alkanes) is 14. The van der Waals surface area contributed by atoms with E-state index in [0.717, 1.165) is 32.1 Å². The van der Waals surface area contributed by atoms with Gasteiger partial charge in [-0.1, -0.05) is 82.6 Å². The summed E-state index contributed by atoms with van der Waals surface area (Å²) >= 11 is 0. The van der Waals surface area contributed by atoms with Gasteiger partial charge in [-0.2, -0.15) is 0 Å². The van der Waals surface area contributed by atoms with Crippen LogP contribution in [0.5, 0.6) is 0 Å². The number of likely N-dealkylation sites (N-methyl/N-ethyl adjacent to an activating group) is 1. The lowest BCUT2D eigenvalue weighted by Gasteiger charge is -2.35. The Morgan fingerprint density at radius 3 is 1.35 bits per heavy atom. The Labute approximate surface area is 211 Å². The van der Waals surface area contributed by atoms with E-state index in [1.54, 1.807) is 0 Å². The highest BCUT2D eigenvalue weighted by molar-refractivity contribution is 7.53. The van der Waals surface area contributed by atoms with Crippen molar-refractivity contribution in [3.05, 3.63) is 24.3 Å². The van der Waals surface area contributed by atoms with Gasteiger partial charge in [0.05, 0.1) is 21.1 Å². The largest absolute Gasteiger partial charge is 0.373 e. The van der Waals surface area contributed by atoms with E-state index in [2.05, 4.69) is 31.2 Å². The molecule has 0 rings (SSSR count). The maximum atomic E-state index is 11.8. The molecule has 34 heavy (non-hydrogen) atoms. The van der Waals surface area contributed by atoms with Gasteiger partial charge in [0.1, 0.15) is 6.54 Å². The second-order valence-electron chi connectivity index (χ2n) is 11.1. The molecule has 6 heteroatoms. The van der Waals surface area contributed by atoms with E-state index < -0.39 is 12.9 Å². The fraction of sp³-hybridized carbons (Fsp3) is 0.857. The Hall–Kier alpha value is -0.450. The molecule has 1 atom stereocenters. The zero-order chi connectivity index (χ0) is 25.8. The molecule has 0 aromatic carbocycles. The molecule has 0 aliphatic rings. The molecule has 0 bridgehead atoms. The molecular weight excluding hydrogens is 445 g/mol. The molecule has 0 fully saturated rings. The summed E-state index contributed by atoms with van der Waals surface area (Å²) in [6.45, 7) is 2.31. The third kappa shape index (κ3) is 19.8. The summed E-state index contributed by atoms with van der Waals surface area (Å²) in [6.07, 6.45) is 29.8. The predicted molar refractivity (Wildman–Crippen MR) is 147 cm³/mol. The van der Waals surface area contributed by atoms with Crippen molar-refractivity contribution in [1.29, 1.82) is 0 Å². The molecule has 0 aliphatic carbocycles. The maximum absolute atomic E-state index is 11.8. The Balaban J connectivity index is 3.61. The number of aliphatic hydroxyl groups is 1. The number of quaternary nitrogens is 1. The highest BCUT2D eigenvalue weighted by Gasteiger charge is 2.48. The fourth-order valence-corrected chi connectivity index (χ4v) is 5.37. The van der Waals surface area contributed by atoms with Crippen LogP contribution < -0.4 is 0 Å². The summed E-state index contributed by atoms with van der Waals surface area (Å²) in [7, 11) is 0.953. The average molecular weight is 503 g/mol. The Bertz CT molecular complexity index is 579. The van der Waals surface area contributed by atoms with Crippen LogP contribution >= 0.6 is 7.60 Å². The summed E-state index contributed by atoms with van der Waals surface area (Å²) in [6, 6.07) is 0. The molecule has 5 nitrogen and oxygen atoms in total. The van der Waals surface area contributed by atoms with Crippen LogP contribution in [0.3, 0.4) is 0 Å². The van der Waals surface area contributed by atoms with Crippen LogP contribution in [0.2, 0.25) is 0 Å². The van der Waals surface area contributed by atoms with Gasteiger partial charge in [0.2, 0.25) is 5.34 Å². The fourth-order valence-electron chi connectivity index (χ4n) is 4.32. The van der Waals surface area contributed by atoms with Crippen molar-refractivity contribution >= 4 is 7.60 Å². The van der Waals surface area contributed by atoms with E-state index in [9.17, 15) is 19.5 Å². The van der Waals surface area contributed by atoms with Gasteiger partial charge in [-0.25, -0.2) is 0 Å². The zero-order valence-electron chi connectivity index (χ0n) is 22.9. The van der Waals surface area contributed by atoms with E-state index in [1.165, 1.54) is 70.6 Å². The average Bonchev–Trinajstić information content (AvgIpc) is 2.73. The Morgan fingerprint density at radius 2 is 1.00 bits per heavy atom. The number of nitrogens with zero attached hydrogens (tertiary/aromatic N) is 1. The van der Waals surface area contributed by atoms with Crippen molar-refractivity contribution in [1.82, 2.24) is 0 Å². The summed E-state index contributed by atoms with van der Waals surface area (Å²) in [5.74, 6) is 0. The van der Waals surface area contributed by atoms with Gasteiger partial charge in [0.25, 0.3) is 0 Å². The first kappa shape index (κ1) is 33.5. The first-order valence-corrected chi connectivity index (χ1v) is 15.5. The minimum absolute atomic E-state index is 0.0518. The first-order valence-electron chi connectivity index (χ1n) is 13.9. The molecule has 0 heterocycles. The van der Waals surface area contributed by atoms with E-state index in [0.29, 0.717) is 10.9 Å². The summed E-state index contributed by atoms with van der Waals surface area (Å²) < 4.78 is 12.1. The van der Waals surface area contributed by atoms with Crippen LogP contribution in [-0.4, -0.2) is 52.4 Å². The van der Waals surface area contributed by atoms with Crippen molar-refractivity contribution in [3.63, 3.8) is 0 Å². The third-order valence-corrected chi connectivity index (χ3v) is 7.72. The highest BCUT2D eigenvalue weighted by atomic mass is 31.2. The quantitative estimate of drug-likeness (QED) is 0.0578. The van der Waals surface area contributed by atoms with Gasteiger partial charge >= 0.3 is 7.60 Å². The lowest BCUT2D eigenvalue weighted by atomic mass is 10.1. The van der Waals surface area contributed by atoms with Crippen molar-refractivity contribution in [2.24, 2.45) is 0 Å². The van der Waals surface area contributed by atoms with Crippen LogP contribution in [-0.2, 0) is 4.57 Å². The topological polar surface area (TPSA) is 77.8 Å². The van der Waals surface area contributed by atoms with E-state index >= 15 is 0 Å². The van der Waals surface area contributed by atoms with E-state index in [-0.39, 0.29) is 13.0 Å². The van der Waals surface area contributed by atoms with Crippen molar-refractivity contribution in [2.75, 3.05) is 27.7 Å². The van der Waals surface area contributed by atoms with Gasteiger partial charge in [-0.3, -0.25) is 4.57 Å². The van der Waals surface area contributed by atoms with Crippen LogP contribution in [0.1, 0.15) is 122 Å². The Kier molecular flexibility index (Phi) is 19.4. The van der Waals surface area contributed by atoms with Crippen LogP contribution in [0.4, 0.5) is 0 Å². The zero-order valence-corrected chi connectivity index (χ0v) is 23.8. The van der Waals surface area contributed by atoms with Crippen molar-refractivity contribution in [2.45, 2.75) is 128 Å². The van der Waals surface area contributed by atoms with Gasteiger partial charge in [-0.15, -0.1) is 0 Å². The van der Waals surface area contributed by atoms with E-state index in [1.807, 2.05) is 21.1 Å². The molecule has 0 saturated heterocycles. The smallest absolute Gasteiger partial charge is 0.362 e. The molecule has 3 N–H and O–H groups in total. The van der Waals surface area contributed by atoms with Crippen LogP contribution in [0.25, 0.3) is 0 Å². The number of hydrogen-bond acceptors (Lipinski definition) is 2. The molecule has 0 aromatic heterocycles. The van der Waals surface area contributed by atoms with Crippen LogP contribution in [0.15, 0.2) is 24.3 Å². The monoisotopic (exact) mass is 502 g/mol. The molecule has 0 aliphatic heterocycles. The van der Waals surface area contributed by atoms with Gasteiger partial charge < -0.3 is 19.4 Å². The van der Waals surface area contributed by atoms with Gasteiger partial charge in [0.15, 0.2) is 0 Å². The summed E-state index contributed by atoms with van der Waals surface area (Å²) in [5, 5.41) is 8.63. The normalized spacial score (nSPS) is 14.9. The maximum Gasteiger partial charge on any atom is 0.362 e. The number of rotatable bonds is 23. The lowest BCUT2D eigenvalue weighted by Crippen LogP contribution is -2.49. The van der Waals surface area contributed by atoms with Crippen molar-refractivity contribution in [3.8, 4) is 0 Å². The molecule has 0 spiro atoms. The van der Waals surface area contributed by atoms with Gasteiger partial charge in [0, 0.05) is 0 Å². The SMILES string of the molecule is CCCCCC/C=C\CCCCCCC/C=C\CCCCCCC(O)(C[N+](C)(C)C)P(=O)(O)O. The number of hydrogen-bond donors (Lipinski definition) is 3. The summed E-state index contributed by atoms with van der Waals surface area (Å²) in [5.41, 5.74) is 0. The van der Waals surface area contributed by atoms with Crippen molar-refractivity contribution < 1.29 is 23.9 Å². The second-order valence-corrected chi connectivity index (χ2v) is 13.0. The number of allylic oxidation sites excluding steroid dienone is 4. The third-order valence-electron chi connectivity index (χ3n) is 6.27. The molecule has 202 valence electrons. The minimum Gasteiger partial charge on any atom is -0.373 e. The standard InChI is InChI=1S/C28H56NO4P/c1-5-6-7-8-9-10-11-12-13-14-15-16-17-18-19-20-21-22-23-24-25-26-28(30,34(31,32)33)27-29(2,3)4/h10-11,19-20,30H,5-9,12-18,21-27H2,1-4H3,(H-,31,32,33)/p+1/b11-10-,20-19-. The molecule has 1 unspecified atom stereocenters. The second kappa shape index (κ2) is 19.7. The lowest BCUT2D eigenvalue weighted by molar-refractivity contribution is -0.875. The highest BCUT2D eigenvalue weighted by Crippen LogP contribution is 2.52.